The van der Waals surface area contributed by atoms with Crippen molar-refractivity contribution in [2.45, 2.75) is 419 Å². The first-order chi connectivity index (χ1) is 40.5. The van der Waals surface area contributed by atoms with E-state index < -0.39 is 6.10 Å². The molecule has 0 aliphatic rings. The van der Waals surface area contributed by atoms with Gasteiger partial charge in [0.25, 0.3) is 0 Å². The highest BCUT2D eigenvalue weighted by atomic mass is 16.6. The van der Waals surface area contributed by atoms with Gasteiger partial charge in [-0.1, -0.05) is 353 Å². The minimum absolute atomic E-state index is 0.0688. The molecule has 0 aromatic carbocycles. The minimum atomic E-state index is -0.773. The third kappa shape index (κ3) is 68.4. The summed E-state index contributed by atoms with van der Waals surface area (Å²) < 4.78 is 17.0. The summed E-state index contributed by atoms with van der Waals surface area (Å²) in [7, 11) is 0. The second-order valence-electron chi connectivity index (χ2n) is 25.2. The van der Waals surface area contributed by atoms with E-state index in [0.29, 0.717) is 19.3 Å². The van der Waals surface area contributed by atoms with Crippen LogP contribution in [-0.4, -0.2) is 37.2 Å². The van der Waals surface area contributed by atoms with E-state index in [0.717, 1.165) is 70.6 Å². The normalized spacial score (nSPS) is 12.2. The molecule has 0 N–H and O–H groups in total. The number of rotatable bonds is 69. The molecule has 0 fully saturated rings. The van der Waals surface area contributed by atoms with Crippen LogP contribution in [0, 0.1) is 0 Å². The van der Waals surface area contributed by atoms with E-state index in [-0.39, 0.29) is 31.1 Å². The summed E-state index contributed by atoms with van der Waals surface area (Å²) in [5, 5.41) is 0. The van der Waals surface area contributed by atoms with Gasteiger partial charge in [0, 0.05) is 19.3 Å². The molecule has 482 valence electrons. The number of hydrogen-bond donors (Lipinski definition) is 0. The Morgan fingerprint density at radius 3 is 0.683 bits per heavy atom. The third-order valence-electron chi connectivity index (χ3n) is 16.9. The van der Waals surface area contributed by atoms with Crippen LogP contribution < -0.4 is 0 Å². The number of ether oxygens (including phenoxy) is 3. The van der Waals surface area contributed by atoms with Gasteiger partial charge in [-0.2, -0.15) is 0 Å². The lowest BCUT2D eigenvalue weighted by Crippen LogP contribution is -2.30. The Morgan fingerprint density at radius 2 is 0.439 bits per heavy atom. The van der Waals surface area contributed by atoms with Crippen LogP contribution in [0.2, 0.25) is 0 Å². The van der Waals surface area contributed by atoms with Crippen molar-refractivity contribution in [1.82, 2.24) is 0 Å². The number of esters is 3. The highest BCUT2D eigenvalue weighted by molar-refractivity contribution is 5.71. The summed E-state index contributed by atoms with van der Waals surface area (Å²) in [5.74, 6) is -0.847. The Bertz CT molecular complexity index is 1370. The van der Waals surface area contributed by atoms with Gasteiger partial charge in [-0.15, -0.1) is 0 Å². The zero-order valence-electron chi connectivity index (χ0n) is 55.5. The molecular formula is C76H142O6. The van der Waals surface area contributed by atoms with Crippen molar-refractivity contribution in [2.24, 2.45) is 0 Å². The fraction of sp³-hybridized carbons (Fsp3) is 0.882. The van der Waals surface area contributed by atoms with Gasteiger partial charge in [-0.3, -0.25) is 14.4 Å². The number of unbranched alkanes of at least 4 members (excludes halogenated alkanes) is 52. The Balaban J connectivity index is 4.06. The summed E-state index contributed by atoms with van der Waals surface area (Å²) in [4.78, 5) is 38.4. The smallest absolute Gasteiger partial charge is 0.306 e. The first kappa shape index (κ1) is 79.6. The van der Waals surface area contributed by atoms with E-state index in [1.807, 2.05) is 0 Å². The molecule has 1 atom stereocenters. The van der Waals surface area contributed by atoms with Crippen molar-refractivity contribution in [3.05, 3.63) is 36.5 Å². The predicted octanol–water partition coefficient (Wildman–Crippen LogP) is 25.5. The molecule has 0 amide bonds. The largest absolute Gasteiger partial charge is 0.462 e. The molecule has 6 nitrogen and oxygen atoms in total. The SMILES string of the molecule is CCCCCCC/C=C\C/C=C\CCCCCCCCCCCCCCCCCCCCCCCCCC(=O)OCC(COC(=O)CCCCCCCCCCCCCCC)OC(=O)CCCCCCC/C=C\CCCCCCCCC. The maximum Gasteiger partial charge on any atom is 0.306 e. The molecule has 0 aromatic rings. The van der Waals surface area contributed by atoms with Gasteiger partial charge in [0.15, 0.2) is 6.10 Å². The Labute approximate surface area is 512 Å². The van der Waals surface area contributed by atoms with E-state index in [2.05, 4.69) is 57.2 Å². The van der Waals surface area contributed by atoms with Crippen LogP contribution in [0.3, 0.4) is 0 Å². The first-order valence-electron chi connectivity index (χ1n) is 37.0. The first-order valence-corrected chi connectivity index (χ1v) is 37.0. The Kier molecular flexibility index (Phi) is 69.1. The quantitative estimate of drug-likeness (QED) is 0.0261. The molecule has 0 aliphatic heterocycles. The summed E-state index contributed by atoms with van der Waals surface area (Å²) >= 11 is 0. The molecule has 0 bridgehead atoms. The number of carbonyl (C=O) groups excluding carboxylic acids is 3. The molecule has 0 spiro atoms. The maximum atomic E-state index is 12.9. The van der Waals surface area contributed by atoms with Crippen molar-refractivity contribution in [3.63, 3.8) is 0 Å². The topological polar surface area (TPSA) is 78.9 Å². The Hall–Kier alpha value is -2.37. The molecule has 0 rings (SSSR count). The Morgan fingerprint density at radius 1 is 0.244 bits per heavy atom. The average molecular weight is 1150 g/mol. The van der Waals surface area contributed by atoms with Crippen LogP contribution >= 0.6 is 0 Å². The van der Waals surface area contributed by atoms with Crippen molar-refractivity contribution in [2.75, 3.05) is 13.2 Å². The van der Waals surface area contributed by atoms with Gasteiger partial charge < -0.3 is 14.2 Å². The van der Waals surface area contributed by atoms with Gasteiger partial charge >= 0.3 is 17.9 Å². The number of hydrogen-bond acceptors (Lipinski definition) is 6. The van der Waals surface area contributed by atoms with Gasteiger partial charge in [0.05, 0.1) is 0 Å². The van der Waals surface area contributed by atoms with Gasteiger partial charge in [0.2, 0.25) is 0 Å². The van der Waals surface area contributed by atoms with Gasteiger partial charge in [-0.05, 0) is 77.0 Å². The molecule has 0 saturated heterocycles. The van der Waals surface area contributed by atoms with Crippen LogP contribution in [-0.2, 0) is 28.6 Å². The molecule has 1 unspecified atom stereocenters. The van der Waals surface area contributed by atoms with Crippen LogP contribution in [0.4, 0.5) is 0 Å². The average Bonchev–Trinajstić information content (AvgIpc) is 3.47. The summed E-state index contributed by atoms with van der Waals surface area (Å²) in [6.45, 7) is 6.69. The van der Waals surface area contributed by atoms with Crippen molar-refractivity contribution < 1.29 is 28.6 Å². The molecule has 82 heavy (non-hydrogen) atoms. The zero-order valence-corrected chi connectivity index (χ0v) is 55.5. The van der Waals surface area contributed by atoms with Crippen LogP contribution in [0.1, 0.15) is 412 Å². The lowest BCUT2D eigenvalue weighted by atomic mass is 10.0. The standard InChI is InChI=1S/C76H142O6/c1-4-7-10-13-16-19-22-25-27-29-30-31-32-33-34-35-36-37-38-39-40-41-42-43-44-45-46-47-49-51-54-57-60-63-66-69-75(78)81-72-73(71-80-74(77)68-65-62-59-56-53-50-24-21-18-15-12-9-6-3)82-76(79)70-67-64-61-58-55-52-48-28-26-23-20-17-14-11-8-5-2/h22,25,28-30,48,73H,4-21,23-24,26-27,31-47,49-72H2,1-3H3/b25-22-,30-29-,48-28-. The fourth-order valence-corrected chi connectivity index (χ4v) is 11.3. The third-order valence-corrected chi connectivity index (χ3v) is 16.9. The lowest BCUT2D eigenvalue weighted by Gasteiger charge is -2.18. The molecule has 0 radical (unpaired) electrons. The summed E-state index contributed by atoms with van der Waals surface area (Å²) in [6, 6.07) is 0. The second-order valence-corrected chi connectivity index (χ2v) is 25.2. The van der Waals surface area contributed by atoms with Crippen LogP contribution in [0.5, 0.6) is 0 Å². The van der Waals surface area contributed by atoms with Crippen molar-refractivity contribution >= 4 is 17.9 Å². The minimum Gasteiger partial charge on any atom is -0.462 e. The van der Waals surface area contributed by atoms with E-state index in [1.54, 1.807) is 0 Å². The molecule has 0 saturated carbocycles. The highest BCUT2D eigenvalue weighted by Gasteiger charge is 2.19. The molecule has 0 aromatic heterocycles. The monoisotopic (exact) mass is 1150 g/mol. The number of carbonyl (C=O) groups is 3. The molecule has 0 aliphatic carbocycles. The van der Waals surface area contributed by atoms with E-state index in [1.165, 1.54) is 302 Å². The predicted molar refractivity (Wildman–Crippen MR) is 358 cm³/mol. The molecule has 6 heteroatoms. The van der Waals surface area contributed by atoms with Gasteiger partial charge in [-0.25, -0.2) is 0 Å². The summed E-state index contributed by atoms with van der Waals surface area (Å²) in [5.41, 5.74) is 0. The van der Waals surface area contributed by atoms with Crippen molar-refractivity contribution in [3.8, 4) is 0 Å². The maximum absolute atomic E-state index is 12.9. The van der Waals surface area contributed by atoms with E-state index in [9.17, 15) is 14.4 Å². The highest BCUT2D eigenvalue weighted by Crippen LogP contribution is 2.19. The molecule has 0 heterocycles. The lowest BCUT2D eigenvalue weighted by molar-refractivity contribution is -0.167. The van der Waals surface area contributed by atoms with Crippen LogP contribution in [0.15, 0.2) is 36.5 Å². The second kappa shape index (κ2) is 71.1. The number of allylic oxidation sites excluding steroid dienone is 6. The van der Waals surface area contributed by atoms with Crippen LogP contribution in [0.25, 0.3) is 0 Å². The van der Waals surface area contributed by atoms with Crippen molar-refractivity contribution in [1.29, 1.82) is 0 Å². The zero-order chi connectivity index (χ0) is 59.2. The van der Waals surface area contributed by atoms with E-state index >= 15 is 0 Å². The molecular weight excluding hydrogens is 1010 g/mol. The fourth-order valence-electron chi connectivity index (χ4n) is 11.3. The summed E-state index contributed by atoms with van der Waals surface area (Å²) in [6.07, 6.45) is 89.1. The van der Waals surface area contributed by atoms with E-state index in [4.69, 9.17) is 14.2 Å². The van der Waals surface area contributed by atoms with Gasteiger partial charge in [0.1, 0.15) is 13.2 Å².